The number of amides is 2. The van der Waals surface area contributed by atoms with Gasteiger partial charge in [-0.2, -0.15) is 0 Å². The number of hydrogen-bond donors (Lipinski definition) is 2. The van der Waals surface area contributed by atoms with Gasteiger partial charge in [-0.05, 0) is 38.8 Å². The minimum atomic E-state index is -0.624. The van der Waals surface area contributed by atoms with Crippen molar-refractivity contribution in [1.82, 2.24) is 4.90 Å². The minimum Gasteiger partial charge on any atom is -0.485 e. The van der Waals surface area contributed by atoms with Crippen LogP contribution in [0.5, 0.6) is 5.75 Å². The molecule has 2 heterocycles. The lowest BCUT2D eigenvalue weighted by Crippen LogP contribution is -2.43. The summed E-state index contributed by atoms with van der Waals surface area (Å²) in [6.07, 6.45) is 2.67. The van der Waals surface area contributed by atoms with Gasteiger partial charge in [-0.3, -0.25) is 9.59 Å². The molecule has 1 aromatic rings. The lowest BCUT2D eigenvalue weighted by molar-refractivity contribution is -0.130. The first-order valence-electron chi connectivity index (χ1n) is 9.03. The van der Waals surface area contributed by atoms with E-state index in [0.29, 0.717) is 36.5 Å². The molecule has 140 valence electrons. The molecule has 0 radical (unpaired) electrons. The highest BCUT2D eigenvalue weighted by Crippen LogP contribution is 2.43. The lowest BCUT2D eigenvalue weighted by atomic mass is 9.91. The van der Waals surface area contributed by atoms with Crippen LogP contribution in [0.2, 0.25) is 0 Å². The van der Waals surface area contributed by atoms with E-state index in [0.717, 1.165) is 12.8 Å². The minimum absolute atomic E-state index is 0.138. The Bertz CT molecular complexity index is 729. The van der Waals surface area contributed by atoms with Gasteiger partial charge in [0.2, 0.25) is 11.8 Å². The number of carbonyl (C=O) groups excluding carboxylic acids is 2. The molecule has 26 heavy (non-hydrogen) atoms. The molecule has 2 atom stereocenters. The number of aliphatic hydroxyl groups is 1. The van der Waals surface area contributed by atoms with Crippen molar-refractivity contribution in [2.24, 2.45) is 5.92 Å². The van der Waals surface area contributed by atoms with Gasteiger partial charge in [0.05, 0.1) is 17.7 Å². The number of piperidine rings is 1. The van der Waals surface area contributed by atoms with Gasteiger partial charge in [0.25, 0.3) is 0 Å². The Morgan fingerprint density at radius 1 is 1.42 bits per heavy atom. The third-order valence-corrected chi connectivity index (χ3v) is 5.00. The van der Waals surface area contributed by atoms with Crippen LogP contribution in [0.1, 0.15) is 44.8 Å². The first kappa shape index (κ1) is 18.5. The first-order chi connectivity index (χ1) is 12.3. The number of para-hydroxylation sites is 1. The molecule has 2 unspecified atom stereocenters. The fraction of sp³-hybridized carbons (Fsp3) is 0.500. The summed E-state index contributed by atoms with van der Waals surface area (Å²) in [4.78, 5) is 26.2. The molecular weight excluding hydrogens is 332 g/mol. The van der Waals surface area contributed by atoms with Crippen molar-refractivity contribution in [3.05, 3.63) is 36.4 Å². The molecule has 2 N–H and O–H groups in total. The van der Waals surface area contributed by atoms with E-state index in [2.05, 4.69) is 11.9 Å². The highest BCUT2D eigenvalue weighted by atomic mass is 16.5. The monoisotopic (exact) mass is 358 g/mol. The van der Waals surface area contributed by atoms with Gasteiger partial charge >= 0.3 is 0 Å². The normalized spacial score (nSPS) is 24.2. The van der Waals surface area contributed by atoms with Gasteiger partial charge in [0.1, 0.15) is 11.4 Å². The van der Waals surface area contributed by atoms with Gasteiger partial charge < -0.3 is 20.1 Å². The van der Waals surface area contributed by atoms with Crippen molar-refractivity contribution in [1.29, 1.82) is 0 Å². The topological polar surface area (TPSA) is 78.9 Å². The van der Waals surface area contributed by atoms with Gasteiger partial charge in [-0.1, -0.05) is 18.7 Å². The van der Waals surface area contributed by atoms with Crippen LogP contribution in [0.15, 0.2) is 30.9 Å². The zero-order valence-corrected chi connectivity index (χ0v) is 15.3. The number of carbonyl (C=O) groups is 2. The molecule has 2 aliphatic rings. The zero-order chi connectivity index (χ0) is 18.9. The van der Waals surface area contributed by atoms with Crippen molar-refractivity contribution in [2.75, 3.05) is 18.4 Å². The Balaban J connectivity index is 1.77. The number of anilines is 1. The van der Waals surface area contributed by atoms with Crippen LogP contribution in [-0.2, 0) is 9.59 Å². The number of ether oxygens (including phenoxy) is 1. The van der Waals surface area contributed by atoms with E-state index in [9.17, 15) is 14.7 Å². The molecular formula is C20H26N2O4. The number of fused-ring (bicyclic) bond motifs is 1. The number of nitrogens with zero attached hydrogens (tertiary/aromatic N) is 1. The van der Waals surface area contributed by atoms with Crippen molar-refractivity contribution < 1.29 is 19.4 Å². The Labute approximate surface area is 153 Å². The second-order valence-electron chi connectivity index (χ2n) is 7.62. The molecule has 0 bridgehead atoms. The fourth-order valence-corrected chi connectivity index (χ4v) is 3.68. The summed E-state index contributed by atoms with van der Waals surface area (Å²) in [6.45, 7) is 8.38. The number of rotatable bonds is 3. The number of likely N-dealkylation sites (tertiary alicyclic amines) is 1. The molecule has 0 spiro atoms. The highest BCUT2D eigenvalue weighted by molar-refractivity contribution is 5.95. The van der Waals surface area contributed by atoms with E-state index >= 15 is 0 Å². The van der Waals surface area contributed by atoms with E-state index in [1.54, 1.807) is 17.0 Å². The Hall–Kier alpha value is -2.34. The maximum atomic E-state index is 12.8. The standard InChI is InChI=1S/C20H26N2O4/c1-4-17(24)22-10-6-7-13(12-22)19(25)21-15-9-5-8-14-16(23)11-20(2,3)26-18(14)15/h4-5,8-9,13,16,23H,1,6-7,10-12H2,2-3H3,(H,21,25). The second kappa shape index (κ2) is 7.11. The molecule has 3 rings (SSSR count). The van der Waals surface area contributed by atoms with Gasteiger partial charge in [-0.15, -0.1) is 0 Å². The van der Waals surface area contributed by atoms with Gasteiger partial charge in [-0.25, -0.2) is 0 Å². The summed E-state index contributed by atoms with van der Waals surface area (Å²) < 4.78 is 6.03. The number of hydrogen-bond acceptors (Lipinski definition) is 4. The van der Waals surface area contributed by atoms with Crippen LogP contribution >= 0.6 is 0 Å². The van der Waals surface area contributed by atoms with Crippen molar-refractivity contribution in [3.63, 3.8) is 0 Å². The third-order valence-electron chi connectivity index (χ3n) is 5.00. The zero-order valence-electron chi connectivity index (χ0n) is 15.3. The Morgan fingerprint density at radius 3 is 2.92 bits per heavy atom. The van der Waals surface area contributed by atoms with Gasteiger partial charge in [0.15, 0.2) is 0 Å². The van der Waals surface area contributed by atoms with Crippen molar-refractivity contribution >= 4 is 17.5 Å². The molecule has 1 fully saturated rings. The molecule has 2 aliphatic heterocycles. The van der Waals surface area contributed by atoms with Crippen LogP contribution in [0, 0.1) is 5.92 Å². The molecule has 2 amide bonds. The van der Waals surface area contributed by atoms with Crippen LogP contribution in [0.25, 0.3) is 0 Å². The molecule has 0 aromatic heterocycles. The van der Waals surface area contributed by atoms with Crippen LogP contribution < -0.4 is 10.1 Å². The molecule has 0 aliphatic carbocycles. The molecule has 0 saturated carbocycles. The van der Waals surface area contributed by atoms with E-state index in [-0.39, 0.29) is 17.7 Å². The summed E-state index contributed by atoms with van der Waals surface area (Å²) in [5, 5.41) is 13.3. The van der Waals surface area contributed by atoms with Crippen molar-refractivity contribution in [3.8, 4) is 5.75 Å². The maximum absolute atomic E-state index is 12.8. The van der Waals surface area contributed by atoms with E-state index in [1.807, 2.05) is 19.9 Å². The predicted molar refractivity (Wildman–Crippen MR) is 98.9 cm³/mol. The van der Waals surface area contributed by atoms with Crippen LogP contribution in [0.4, 0.5) is 5.69 Å². The number of nitrogens with one attached hydrogen (secondary N) is 1. The largest absolute Gasteiger partial charge is 0.485 e. The summed E-state index contributed by atoms with van der Waals surface area (Å²) in [5.74, 6) is -0.0290. The Morgan fingerprint density at radius 2 is 2.19 bits per heavy atom. The van der Waals surface area contributed by atoms with Crippen molar-refractivity contribution in [2.45, 2.75) is 44.8 Å². The summed E-state index contributed by atoms with van der Waals surface area (Å²) in [7, 11) is 0. The van der Waals surface area contributed by atoms with Gasteiger partial charge in [0, 0.05) is 25.1 Å². The van der Waals surface area contributed by atoms with E-state index < -0.39 is 11.7 Å². The average Bonchev–Trinajstić information content (AvgIpc) is 2.61. The molecule has 1 saturated heterocycles. The quantitative estimate of drug-likeness (QED) is 0.814. The summed E-state index contributed by atoms with van der Waals surface area (Å²) >= 11 is 0. The van der Waals surface area contributed by atoms with E-state index in [1.165, 1.54) is 6.08 Å². The lowest BCUT2D eigenvalue weighted by Gasteiger charge is -2.37. The second-order valence-corrected chi connectivity index (χ2v) is 7.62. The number of benzene rings is 1. The average molecular weight is 358 g/mol. The molecule has 1 aromatic carbocycles. The molecule has 6 nitrogen and oxygen atoms in total. The summed E-state index contributed by atoms with van der Waals surface area (Å²) in [6, 6.07) is 5.39. The highest BCUT2D eigenvalue weighted by Gasteiger charge is 2.35. The van der Waals surface area contributed by atoms with Crippen LogP contribution in [-0.4, -0.2) is 40.5 Å². The van der Waals surface area contributed by atoms with Crippen LogP contribution in [0.3, 0.4) is 0 Å². The predicted octanol–water partition coefficient (Wildman–Crippen LogP) is 2.64. The Kier molecular flexibility index (Phi) is 5.05. The third kappa shape index (κ3) is 3.75. The summed E-state index contributed by atoms with van der Waals surface area (Å²) in [5.41, 5.74) is 0.742. The molecule has 6 heteroatoms. The smallest absolute Gasteiger partial charge is 0.245 e. The number of aliphatic hydroxyl groups excluding tert-OH is 1. The maximum Gasteiger partial charge on any atom is 0.245 e. The fourth-order valence-electron chi connectivity index (χ4n) is 3.68. The van der Waals surface area contributed by atoms with E-state index in [4.69, 9.17) is 4.74 Å². The first-order valence-corrected chi connectivity index (χ1v) is 9.03. The SMILES string of the molecule is C=CC(=O)N1CCCC(C(=O)Nc2cccc3c2OC(C)(C)CC3O)C1.